The van der Waals surface area contributed by atoms with Gasteiger partial charge in [-0.1, -0.05) is 54.4 Å². The molecule has 1 unspecified atom stereocenters. The van der Waals surface area contributed by atoms with E-state index in [1.165, 1.54) is 0 Å². The van der Waals surface area contributed by atoms with Gasteiger partial charge in [-0.15, -0.1) is 0 Å². The summed E-state index contributed by atoms with van der Waals surface area (Å²) >= 11 is 3.50. The van der Waals surface area contributed by atoms with Gasteiger partial charge in [-0.25, -0.2) is 0 Å². The summed E-state index contributed by atoms with van der Waals surface area (Å²) < 4.78 is 1.06. The Bertz CT molecular complexity index is 378. The molecule has 1 amide bonds. The van der Waals surface area contributed by atoms with E-state index in [0.717, 1.165) is 16.5 Å². The van der Waals surface area contributed by atoms with Gasteiger partial charge >= 0.3 is 0 Å². The molecule has 0 heterocycles. The summed E-state index contributed by atoms with van der Waals surface area (Å²) in [5, 5.41) is 0. The van der Waals surface area contributed by atoms with Gasteiger partial charge in [0.1, 0.15) is 0 Å². The average Bonchev–Trinajstić information content (AvgIpc) is 2.31. The minimum absolute atomic E-state index is 0.218. The first-order valence-electron chi connectivity index (χ1n) is 6.02. The van der Waals surface area contributed by atoms with Crippen LogP contribution in [0.3, 0.4) is 0 Å². The molecule has 0 aliphatic carbocycles. The van der Waals surface area contributed by atoms with E-state index in [-0.39, 0.29) is 5.91 Å². The third kappa shape index (κ3) is 4.50. The van der Waals surface area contributed by atoms with E-state index in [1.54, 1.807) is 4.90 Å². The Balaban J connectivity index is 2.57. The van der Waals surface area contributed by atoms with Crippen molar-refractivity contribution in [3.63, 3.8) is 0 Å². The number of amides is 1. The summed E-state index contributed by atoms with van der Waals surface area (Å²) in [6.45, 7) is 4.90. The highest BCUT2D eigenvalue weighted by Gasteiger charge is 2.13. The Morgan fingerprint density at radius 1 is 1.41 bits per heavy atom. The predicted octanol–water partition coefficient (Wildman–Crippen LogP) is 3.84. The van der Waals surface area contributed by atoms with E-state index in [2.05, 4.69) is 29.8 Å². The summed E-state index contributed by atoms with van der Waals surface area (Å²) in [7, 11) is 1.87. The fourth-order valence-electron chi connectivity index (χ4n) is 1.57. The molecular weight excluding hydrogens is 278 g/mol. The lowest BCUT2D eigenvalue weighted by Gasteiger charge is -2.19. The van der Waals surface area contributed by atoms with Gasteiger partial charge in [0.05, 0.1) is 0 Å². The molecule has 0 fully saturated rings. The lowest BCUT2D eigenvalue weighted by Crippen LogP contribution is -2.27. The van der Waals surface area contributed by atoms with Crippen molar-refractivity contribution in [2.24, 2.45) is 5.92 Å². The summed E-state index contributed by atoms with van der Waals surface area (Å²) in [6, 6.07) is 8.01. The highest BCUT2D eigenvalue weighted by Crippen LogP contribution is 2.18. The first-order valence-corrected chi connectivity index (χ1v) is 6.81. The van der Waals surface area contributed by atoms with Gasteiger partial charge in [-0.05, 0) is 17.5 Å². The van der Waals surface area contributed by atoms with Crippen molar-refractivity contribution in [3.8, 4) is 0 Å². The van der Waals surface area contributed by atoms with Crippen molar-refractivity contribution in [1.29, 1.82) is 0 Å². The number of rotatable bonds is 5. The van der Waals surface area contributed by atoms with E-state index in [9.17, 15) is 4.79 Å². The largest absolute Gasteiger partial charge is 0.341 e. The molecule has 1 rings (SSSR count). The maximum absolute atomic E-state index is 11.9. The van der Waals surface area contributed by atoms with Gasteiger partial charge in [0.15, 0.2) is 0 Å². The van der Waals surface area contributed by atoms with E-state index in [1.807, 2.05) is 31.3 Å². The molecule has 1 atom stereocenters. The number of halogens is 1. The van der Waals surface area contributed by atoms with Gasteiger partial charge in [-0.3, -0.25) is 4.79 Å². The molecule has 0 aliphatic rings. The van der Waals surface area contributed by atoms with Crippen molar-refractivity contribution in [3.05, 3.63) is 34.3 Å². The molecule has 1 aromatic carbocycles. The average molecular weight is 298 g/mol. The highest BCUT2D eigenvalue weighted by atomic mass is 79.9. The molecule has 17 heavy (non-hydrogen) atoms. The smallest absolute Gasteiger partial charge is 0.222 e. The molecule has 0 saturated heterocycles. The molecule has 94 valence electrons. The minimum atomic E-state index is 0.218. The Kier molecular flexibility index (Phi) is 5.69. The van der Waals surface area contributed by atoms with E-state index in [0.29, 0.717) is 18.9 Å². The van der Waals surface area contributed by atoms with Gasteiger partial charge in [0.2, 0.25) is 5.91 Å². The first kappa shape index (κ1) is 14.2. The van der Waals surface area contributed by atoms with Crippen molar-refractivity contribution >= 4 is 21.8 Å². The van der Waals surface area contributed by atoms with Crippen LogP contribution in [0.1, 0.15) is 32.3 Å². The molecule has 1 aromatic rings. The Morgan fingerprint density at radius 2 is 2.06 bits per heavy atom. The Hall–Kier alpha value is -0.830. The Morgan fingerprint density at radius 3 is 2.65 bits per heavy atom. The molecule has 0 aliphatic heterocycles. The number of hydrogen-bond donors (Lipinski definition) is 0. The van der Waals surface area contributed by atoms with E-state index in [4.69, 9.17) is 0 Å². The van der Waals surface area contributed by atoms with Gasteiger partial charge in [-0.2, -0.15) is 0 Å². The third-order valence-electron chi connectivity index (χ3n) is 3.01. The second kappa shape index (κ2) is 6.80. The summed E-state index contributed by atoms with van der Waals surface area (Å²) in [5.41, 5.74) is 1.15. The second-order valence-corrected chi connectivity index (χ2v) is 5.41. The highest BCUT2D eigenvalue weighted by molar-refractivity contribution is 9.10. The number of hydrogen-bond acceptors (Lipinski definition) is 1. The third-order valence-corrected chi connectivity index (χ3v) is 3.78. The standard InChI is InChI=1S/C14H20BrNO/c1-4-11(2)9-14(17)16(3)10-12-7-5-6-8-13(12)15/h5-8,11H,4,9-10H2,1-3H3. The number of benzene rings is 1. The van der Waals surface area contributed by atoms with Crippen LogP contribution < -0.4 is 0 Å². The SMILES string of the molecule is CCC(C)CC(=O)N(C)Cc1ccccc1Br. The van der Waals surface area contributed by atoms with E-state index >= 15 is 0 Å². The van der Waals surface area contributed by atoms with E-state index < -0.39 is 0 Å². The molecule has 3 heteroatoms. The van der Waals surface area contributed by atoms with Crippen molar-refractivity contribution in [2.45, 2.75) is 33.2 Å². The fraction of sp³-hybridized carbons (Fsp3) is 0.500. The van der Waals surface area contributed by atoms with Crippen LogP contribution in [-0.2, 0) is 11.3 Å². The summed E-state index contributed by atoms with van der Waals surface area (Å²) in [4.78, 5) is 13.7. The zero-order valence-electron chi connectivity index (χ0n) is 10.7. The van der Waals surface area contributed by atoms with Crippen molar-refractivity contribution in [2.75, 3.05) is 7.05 Å². The van der Waals surface area contributed by atoms with Crippen LogP contribution in [0.15, 0.2) is 28.7 Å². The van der Waals surface area contributed by atoms with Gasteiger partial charge in [0, 0.05) is 24.5 Å². The maximum atomic E-state index is 11.9. The fourth-order valence-corrected chi connectivity index (χ4v) is 1.98. The van der Waals surface area contributed by atoms with Crippen LogP contribution in [0.2, 0.25) is 0 Å². The van der Waals surface area contributed by atoms with Crippen LogP contribution in [0.25, 0.3) is 0 Å². The molecule has 0 bridgehead atoms. The molecule has 2 nitrogen and oxygen atoms in total. The number of nitrogens with zero attached hydrogens (tertiary/aromatic N) is 1. The van der Waals surface area contributed by atoms with Crippen molar-refractivity contribution < 1.29 is 4.79 Å². The molecule has 0 saturated carbocycles. The quantitative estimate of drug-likeness (QED) is 0.808. The monoisotopic (exact) mass is 297 g/mol. The van der Waals surface area contributed by atoms with Gasteiger partial charge < -0.3 is 4.90 Å². The summed E-state index contributed by atoms with van der Waals surface area (Å²) in [6.07, 6.45) is 1.69. The van der Waals surface area contributed by atoms with Crippen LogP contribution in [-0.4, -0.2) is 17.9 Å². The van der Waals surface area contributed by atoms with Crippen LogP contribution in [0, 0.1) is 5.92 Å². The lowest BCUT2D eigenvalue weighted by atomic mass is 10.0. The van der Waals surface area contributed by atoms with Crippen LogP contribution in [0.4, 0.5) is 0 Å². The molecular formula is C14H20BrNO. The molecule has 0 N–H and O–H groups in total. The maximum Gasteiger partial charge on any atom is 0.222 e. The lowest BCUT2D eigenvalue weighted by molar-refractivity contribution is -0.131. The van der Waals surface area contributed by atoms with Crippen LogP contribution >= 0.6 is 15.9 Å². The van der Waals surface area contributed by atoms with Gasteiger partial charge in [0.25, 0.3) is 0 Å². The number of carbonyl (C=O) groups excluding carboxylic acids is 1. The van der Waals surface area contributed by atoms with Crippen LogP contribution in [0.5, 0.6) is 0 Å². The predicted molar refractivity (Wildman–Crippen MR) is 74.7 cm³/mol. The molecule has 0 spiro atoms. The first-order chi connectivity index (χ1) is 8.04. The normalized spacial score (nSPS) is 12.2. The second-order valence-electron chi connectivity index (χ2n) is 4.56. The summed E-state index contributed by atoms with van der Waals surface area (Å²) in [5.74, 6) is 0.680. The zero-order chi connectivity index (χ0) is 12.8. The Labute approximate surface area is 112 Å². The topological polar surface area (TPSA) is 20.3 Å². The zero-order valence-corrected chi connectivity index (χ0v) is 12.3. The van der Waals surface area contributed by atoms with Crippen molar-refractivity contribution in [1.82, 2.24) is 4.90 Å². The number of carbonyl (C=O) groups is 1. The molecule has 0 aromatic heterocycles. The minimum Gasteiger partial charge on any atom is -0.341 e. The molecule has 0 radical (unpaired) electrons.